The van der Waals surface area contributed by atoms with E-state index >= 15 is 0 Å². The summed E-state index contributed by atoms with van der Waals surface area (Å²) in [4.78, 5) is 25.0. The van der Waals surface area contributed by atoms with Crippen molar-refractivity contribution in [2.45, 2.75) is 45.1 Å². The van der Waals surface area contributed by atoms with E-state index in [1.165, 1.54) is 0 Å². The molecule has 1 amide bonds. The summed E-state index contributed by atoms with van der Waals surface area (Å²) < 4.78 is 59.6. The fraction of sp³-hybridized carbons (Fsp3) is 0.368. The highest BCUT2D eigenvalue weighted by atomic mass is 32.1. The molecule has 1 aliphatic heterocycles. The second kappa shape index (κ2) is 6.53. The molecule has 0 saturated carbocycles. The van der Waals surface area contributed by atoms with Crippen LogP contribution >= 0.6 is 11.3 Å². The van der Waals surface area contributed by atoms with Crippen LogP contribution in [0.25, 0.3) is 0 Å². The van der Waals surface area contributed by atoms with E-state index in [1.54, 1.807) is 27.7 Å². The number of benzene rings is 1. The molecule has 2 aromatic rings. The Labute approximate surface area is 167 Å². The molecule has 1 aromatic heterocycles. The number of nitrogens with one attached hydrogen (secondary N) is 1. The van der Waals surface area contributed by atoms with Crippen molar-refractivity contribution in [2.75, 3.05) is 5.32 Å². The van der Waals surface area contributed by atoms with Crippen LogP contribution in [0, 0.1) is 5.82 Å². The summed E-state index contributed by atoms with van der Waals surface area (Å²) in [6.07, 6.45) is -4.96. The molecule has 2 N–H and O–H groups in total. The number of ether oxygens (including phenoxy) is 1. The zero-order chi connectivity index (χ0) is 21.9. The number of hydrogen-bond acceptors (Lipinski definition) is 4. The van der Waals surface area contributed by atoms with Gasteiger partial charge in [-0.15, -0.1) is 11.3 Å². The topological polar surface area (TPSA) is 75.6 Å². The molecule has 3 rings (SSSR count). The number of alkyl halides is 3. The van der Waals surface area contributed by atoms with Crippen molar-refractivity contribution in [3.8, 4) is 0 Å². The van der Waals surface area contributed by atoms with Crippen molar-refractivity contribution in [1.29, 1.82) is 0 Å². The third-order valence-corrected chi connectivity index (χ3v) is 5.96. The van der Waals surface area contributed by atoms with Gasteiger partial charge in [0.25, 0.3) is 5.91 Å². The predicted octanol–water partition coefficient (Wildman–Crippen LogP) is 5.36. The molecular formula is C19H17F4NO4S. The molecule has 1 aliphatic rings. The van der Waals surface area contributed by atoms with Gasteiger partial charge in [0, 0.05) is 10.4 Å². The van der Waals surface area contributed by atoms with E-state index in [0.29, 0.717) is 16.5 Å². The fourth-order valence-corrected chi connectivity index (χ4v) is 4.99. The van der Waals surface area contributed by atoms with Gasteiger partial charge < -0.3 is 15.2 Å². The summed E-state index contributed by atoms with van der Waals surface area (Å²) in [5.41, 5.74) is -4.45. The van der Waals surface area contributed by atoms with Gasteiger partial charge in [-0.2, -0.15) is 13.2 Å². The summed E-state index contributed by atoms with van der Waals surface area (Å²) in [7, 11) is 0. The first-order chi connectivity index (χ1) is 13.2. The van der Waals surface area contributed by atoms with Gasteiger partial charge in [0.15, 0.2) is 0 Å². The van der Waals surface area contributed by atoms with Gasteiger partial charge in [-0.3, -0.25) is 4.79 Å². The standard InChI is InChI=1S/C19H17F4NO4S/c1-17(2)12-11(16(26)27)15(29-13(12)18(3,4)28-17)24-14(25)10-8(19(21,22)23)6-5-7-9(10)20/h5-7H,1-4H3,(H,24,25)(H,26,27). The minimum atomic E-state index is -4.96. The molecule has 0 fully saturated rings. The highest BCUT2D eigenvalue weighted by molar-refractivity contribution is 7.17. The highest BCUT2D eigenvalue weighted by Crippen LogP contribution is 2.54. The predicted molar refractivity (Wildman–Crippen MR) is 97.8 cm³/mol. The lowest BCUT2D eigenvalue weighted by atomic mass is 9.94. The minimum absolute atomic E-state index is 0.173. The van der Waals surface area contributed by atoms with Crippen molar-refractivity contribution < 1.29 is 37.0 Å². The normalized spacial score (nSPS) is 17.1. The lowest BCUT2D eigenvalue weighted by molar-refractivity contribution is -0.138. The van der Waals surface area contributed by atoms with Crippen LogP contribution in [-0.4, -0.2) is 17.0 Å². The summed E-state index contributed by atoms with van der Waals surface area (Å²) in [6, 6.07) is 2.17. The molecule has 10 heteroatoms. The van der Waals surface area contributed by atoms with Crippen molar-refractivity contribution >= 4 is 28.2 Å². The number of amides is 1. The number of hydrogen-bond donors (Lipinski definition) is 2. The molecule has 1 aromatic carbocycles. The third-order valence-electron chi connectivity index (χ3n) is 4.55. The van der Waals surface area contributed by atoms with E-state index in [9.17, 15) is 32.3 Å². The molecule has 0 aliphatic carbocycles. The van der Waals surface area contributed by atoms with E-state index in [4.69, 9.17) is 4.74 Å². The van der Waals surface area contributed by atoms with Crippen LogP contribution in [0.4, 0.5) is 22.6 Å². The molecule has 0 spiro atoms. The van der Waals surface area contributed by atoms with Crippen LogP contribution < -0.4 is 5.32 Å². The van der Waals surface area contributed by atoms with Gasteiger partial charge in [0.05, 0.1) is 22.3 Å². The highest BCUT2D eigenvalue weighted by Gasteiger charge is 2.49. The van der Waals surface area contributed by atoms with Crippen molar-refractivity contribution in [2.24, 2.45) is 0 Å². The number of carboxylic acids is 1. The Morgan fingerprint density at radius 2 is 1.72 bits per heavy atom. The first-order valence-electron chi connectivity index (χ1n) is 8.45. The molecule has 0 unspecified atom stereocenters. The van der Waals surface area contributed by atoms with E-state index in [0.717, 1.165) is 23.5 Å². The number of carbonyl (C=O) groups is 2. The van der Waals surface area contributed by atoms with Gasteiger partial charge >= 0.3 is 12.1 Å². The molecule has 0 atom stereocenters. The largest absolute Gasteiger partial charge is 0.478 e. The van der Waals surface area contributed by atoms with Crippen molar-refractivity contribution in [1.82, 2.24) is 0 Å². The zero-order valence-corrected chi connectivity index (χ0v) is 16.6. The Bertz CT molecular complexity index is 1020. The maximum Gasteiger partial charge on any atom is 0.417 e. The second-order valence-corrected chi connectivity index (χ2v) is 8.57. The summed E-state index contributed by atoms with van der Waals surface area (Å²) in [6.45, 7) is 6.74. The lowest BCUT2D eigenvalue weighted by Gasteiger charge is -2.26. The third kappa shape index (κ3) is 3.51. The monoisotopic (exact) mass is 431 g/mol. The van der Waals surface area contributed by atoms with Crippen LogP contribution in [0.1, 0.15) is 64.4 Å². The Morgan fingerprint density at radius 3 is 2.28 bits per heavy atom. The van der Waals surface area contributed by atoms with Crippen LogP contribution in [-0.2, 0) is 22.1 Å². The number of thiophene rings is 1. The Balaban J connectivity index is 2.13. The van der Waals surface area contributed by atoms with E-state index < -0.39 is 46.2 Å². The summed E-state index contributed by atoms with van der Waals surface area (Å²) >= 11 is 0.887. The quantitative estimate of drug-likeness (QED) is 0.642. The molecule has 5 nitrogen and oxygen atoms in total. The Morgan fingerprint density at radius 1 is 1.10 bits per heavy atom. The number of carbonyl (C=O) groups excluding carboxylic acids is 1. The van der Waals surface area contributed by atoms with E-state index in [2.05, 4.69) is 5.32 Å². The maximum atomic E-state index is 14.1. The SMILES string of the molecule is CC1(C)OC(C)(C)c2c1sc(NC(=O)c1c(F)cccc1C(F)(F)F)c2C(=O)O. The molecule has 0 radical (unpaired) electrons. The summed E-state index contributed by atoms with van der Waals surface area (Å²) in [5, 5.41) is 11.7. The number of halogens is 4. The van der Waals surface area contributed by atoms with Gasteiger partial charge in [0.1, 0.15) is 16.4 Å². The zero-order valence-electron chi connectivity index (χ0n) is 15.8. The number of fused-ring (bicyclic) bond motifs is 1. The number of aromatic carboxylic acids is 1. The van der Waals surface area contributed by atoms with E-state index in [1.807, 2.05) is 0 Å². The van der Waals surface area contributed by atoms with Gasteiger partial charge in [-0.1, -0.05) is 6.07 Å². The molecule has 2 heterocycles. The average Bonchev–Trinajstić information content (AvgIpc) is 3.00. The van der Waals surface area contributed by atoms with E-state index in [-0.39, 0.29) is 10.6 Å². The Hall–Kier alpha value is -2.46. The van der Waals surface area contributed by atoms with Gasteiger partial charge in [0.2, 0.25) is 0 Å². The Kier molecular flexibility index (Phi) is 4.78. The van der Waals surface area contributed by atoms with Gasteiger partial charge in [-0.25, -0.2) is 9.18 Å². The molecule has 0 saturated heterocycles. The second-order valence-electron chi connectivity index (χ2n) is 7.55. The minimum Gasteiger partial charge on any atom is -0.478 e. The maximum absolute atomic E-state index is 14.1. The van der Waals surface area contributed by atoms with Crippen LogP contribution in [0.2, 0.25) is 0 Å². The number of anilines is 1. The fourth-order valence-electron chi connectivity index (χ4n) is 3.61. The molecule has 29 heavy (non-hydrogen) atoms. The summed E-state index contributed by atoms with van der Waals surface area (Å²) in [5.74, 6) is -4.12. The average molecular weight is 431 g/mol. The van der Waals surface area contributed by atoms with Crippen LogP contribution in [0.5, 0.6) is 0 Å². The lowest BCUT2D eigenvalue weighted by Crippen LogP contribution is -2.25. The first kappa shape index (κ1) is 21.3. The molecule has 156 valence electrons. The molecule has 0 bridgehead atoms. The molecular weight excluding hydrogens is 414 g/mol. The number of carboxylic acid groups (broad SMARTS) is 1. The number of rotatable bonds is 3. The smallest absolute Gasteiger partial charge is 0.417 e. The first-order valence-corrected chi connectivity index (χ1v) is 9.26. The van der Waals surface area contributed by atoms with Crippen LogP contribution in [0.15, 0.2) is 18.2 Å². The van der Waals surface area contributed by atoms with Crippen molar-refractivity contribution in [3.05, 3.63) is 51.1 Å². The van der Waals surface area contributed by atoms with Crippen molar-refractivity contribution in [3.63, 3.8) is 0 Å². The van der Waals surface area contributed by atoms with Crippen LogP contribution in [0.3, 0.4) is 0 Å². The van der Waals surface area contributed by atoms with Gasteiger partial charge in [-0.05, 0) is 39.8 Å².